The topological polar surface area (TPSA) is 80.6 Å². The van der Waals surface area contributed by atoms with E-state index in [1.165, 1.54) is 6.26 Å². The molecule has 6 nitrogen and oxygen atoms in total. The monoisotopic (exact) mass is 400 g/mol. The molecule has 0 aliphatic carbocycles. The third-order valence-electron chi connectivity index (χ3n) is 4.54. The van der Waals surface area contributed by atoms with Crippen LogP contribution >= 0.6 is 0 Å². The van der Waals surface area contributed by atoms with Crippen LogP contribution in [-0.2, 0) is 0 Å². The van der Waals surface area contributed by atoms with E-state index in [1.807, 2.05) is 42.5 Å². The van der Waals surface area contributed by atoms with E-state index in [0.717, 1.165) is 16.5 Å². The molecule has 0 spiro atoms. The van der Waals surface area contributed by atoms with Gasteiger partial charge in [0.2, 0.25) is 0 Å². The number of rotatable bonds is 7. The number of carbonyl (C=O) groups is 2. The number of ether oxygens (including phenoxy) is 1. The maximum Gasteiger partial charge on any atom is 0.291 e. The highest BCUT2D eigenvalue weighted by Crippen LogP contribution is 2.24. The summed E-state index contributed by atoms with van der Waals surface area (Å²) < 4.78 is 10.9. The first-order valence-corrected chi connectivity index (χ1v) is 9.54. The minimum absolute atomic E-state index is 0.208. The van der Waals surface area contributed by atoms with Crippen molar-refractivity contribution in [3.63, 3.8) is 0 Å². The summed E-state index contributed by atoms with van der Waals surface area (Å²) in [4.78, 5) is 24.3. The second-order valence-corrected chi connectivity index (χ2v) is 6.59. The average Bonchev–Trinajstić information content (AvgIpc) is 3.32. The molecule has 0 fully saturated rings. The van der Waals surface area contributed by atoms with Gasteiger partial charge in [0.05, 0.1) is 12.8 Å². The van der Waals surface area contributed by atoms with Crippen LogP contribution in [-0.4, -0.2) is 25.0 Å². The molecule has 0 bridgehead atoms. The highest BCUT2D eigenvalue weighted by Gasteiger charge is 2.10. The lowest BCUT2D eigenvalue weighted by molar-refractivity contribution is 0.0946. The van der Waals surface area contributed by atoms with Gasteiger partial charge in [-0.05, 0) is 47.9 Å². The zero-order valence-electron chi connectivity index (χ0n) is 16.1. The minimum Gasteiger partial charge on any atom is -0.491 e. The third kappa shape index (κ3) is 4.50. The van der Waals surface area contributed by atoms with Gasteiger partial charge < -0.3 is 19.8 Å². The second-order valence-electron chi connectivity index (χ2n) is 6.59. The Balaban J connectivity index is 1.27. The van der Waals surface area contributed by atoms with Gasteiger partial charge in [-0.3, -0.25) is 9.59 Å². The van der Waals surface area contributed by atoms with E-state index in [4.69, 9.17) is 9.15 Å². The Hall–Kier alpha value is -4.06. The predicted molar refractivity (Wildman–Crippen MR) is 115 cm³/mol. The van der Waals surface area contributed by atoms with Crippen molar-refractivity contribution in [2.24, 2.45) is 0 Å². The molecule has 1 heterocycles. The van der Waals surface area contributed by atoms with E-state index in [0.29, 0.717) is 24.4 Å². The second kappa shape index (κ2) is 8.96. The standard InChI is InChI=1S/C24H20N2O4/c27-23(18-10-12-19(13-11-18)26-24(28)22-9-4-15-29-22)25-14-16-30-21-8-3-6-17-5-1-2-7-20(17)21/h1-13,15H,14,16H2,(H,25,27)(H,26,28). The van der Waals surface area contributed by atoms with Gasteiger partial charge >= 0.3 is 0 Å². The third-order valence-corrected chi connectivity index (χ3v) is 4.54. The summed E-state index contributed by atoms with van der Waals surface area (Å²) in [5, 5.41) is 7.69. The molecule has 0 saturated heterocycles. The lowest BCUT2D eigenvalue weighted by Crippen LogP contribution is -2.28. The molecule has 150 valence electrons. The van der Waals surface area contributed by atoms with Crippen molar-refractivity contribution in [1.82, 2.24) is 5.32 Å². The molecule has 0 radical (unpaired) electrons. The molecule has 4 rings (SSSR count). The summed E-state index contributed by atoms with van der Waals surface area (Å²) in [6.07, 6.45) is 1.44. The maximum atomic E-state index is 12.3. The first kappa shape index (κ1) is 19.3. The Kier molecular flexibility index (Phi) is 5.75. The fourth-order valence-corrected chi connectivity index (χ4v) is 3.05. The quantitative estimate of drug-likeness (QED) is 0.448. The van der Waals surface area contributed by atoms with Crippen LogP contribution in [0.4, 0.5) is 5.69 Å². The van der Waals surface area contributed by atoms with Gasteiger partial charge in [-0.2, -0.15) is 0 Å². The maximum absolute atomic E-state index is 12.3. The first-order chi connectivity index (χ1) is 14.7. The number of anilines is 1. The number of furan rings is 1. The summed E-state index contributed by atoms with van der Waals surface area (Å²) in [5.41, 5.74) is 1.07. The fraction of sp³-hybridized carbons (Fsp3) is 0.0833. The number of hydrogen-bond acceptors (Lipinski definition) is 4. The zero-order valence-corrected chi connectivity index (χ0v) is 16.1. The van der Waals surface area contributed by atoms with Crippen molar-refractivity contribution in [1.29, 1.82) is 0 Å². The average molecular weight is 400 g/mol. The Morgan fingerprint density at radius 2 is 1.63 bits per heavy atom. The summed E-state index contributed by atoms with van der Waals surface area (Å²) in [5.74, 6) is 0.463. The number of nitrogens with one attached hydrogen (secondary N) is 2. The highest BCUT2D eigenvalue weighted by atomic mass is 16.5. The van der Waals surface area contributed by atoms with Gasteiger partial charge in [-0.1, -0.05) is 36.4 Å². The molecule has 4 aromatic rings. The smallest absolute Gasteiger partial charge is 0.291 e. The Labute approximate surface area is 173 Å². The molecule has 3 aromatic carbocycles. The van der Waals surface area contributed by atoms with Crippen LogP contribution in [0.3, 0.4) is 0 Å². The van der Waals surface area contributed by atoms with E-state index in [9.17, 15) is 9.59 Å². The van der Waals surface area contributed by atoms with Gasteiger partial charge in [0.15, 0.2) is 5.76 Å². The Morgan fingerprint density at radius 3 is 2.43 bits per heavy atom. The van der Waals surface area contributed by atoms with E-state index in [2.05, 4.69) is 10.6 Å². The van der Waals surface area contributed by atoms with Gasteiger partial charge in [-0.25, -0.2) is 0 Å². The molecular formula is C24H20N2O4. The molecule has 0 atom stereocenters. The minimum atomic E-state index is -0.345. The van der Waals surface area contributed by atoms with Crippen molar-refractivity contribution in [3.05, 3.63) is 96.4 Å². The molecule has 0 aliphatic rings. The molecule has 0 saturated carbocycles. The molecule has 6 heteroatoms. The molecule has 0 unspecified atom stereocenters. The number of fused-ring (bicyclic) bond motifs is 1. The summed E-state index contributed by atoms with van der Waals surface area (Å²) >= 11 is 0. The van der Waals surface area contributed by atoms with Crippen molar-refractivity contribution >= 4 is 28.3 Å². The van der Waals surface area contributed by atoms with Gasteiger partial charge in [0.1, 0.15) is 12.4 Å². The molecular weight excluding hydrogens is 380 g/mol. The van der Waals surface area contributed by atoms with Crippen LogP contribution in [0.25, 0.3) is 10.8 Å². The van der Waals surface area contributed by atoms with Gasteiger partial charge in [0, 0.05) is 16.6 Å². The Morgan fingerprint density at radius 1 is 0.833 bits per heavy atom. The zero-order chi connectivity index (χ0) is 20.8. The molecule has 2 N–H and O–H groups in total. The lowest BCUT2D eigenvalue weighted by atomic mass is 10.1. The molecule has 30 heavy (non-hydrogen) atoms. The lowest BCUT2D eigenvalue weighted by Gasteiger charge is -2.10. The van der Waals surface area contributed by atoms with E-state index in [-0.39, 0.29) is 17.6 Å². The number of hydrogen-bond donors (Lipinski definition) is 2. The molecule has 1 aromatic heterocycles. The van der Waals surface area contributed by atoms with Crippen LogP contribution < -0.4 is 15.4 Å². The number of carbonyl (C=O) groups excluding carboxylic acids is 2. The SMILES string of the molecule is O=C(NCCOc1cccc2ccccc12)c1ccc(NC(=O)c2ccco2)cc1. The van der Waals surface area contributed by atoms with E-state index in [1.54, 1.807) is 36.4 Å². The van der Waals surface area contributed by atoms with Crippen molar-refractivity contribution in [3.8, 4) is 5.75 Å². The van der Waals surface area contributed by atoms with Gasteiger partial charge in [0.25, 0.3) is 11.8 Å². The predicted octanol–water partition coefficient (Wildman–Crippen LogP) is 4.49. The number of benzene rings is 3. The van der Waals surface area contributed by atoms with Crippen molar-refractivity contribution in [2.45, 2.75) is 0 Å². The van der Waals surface area contributed by atoms with E-state index < -0.39 is 0 Å². The van der Waals surface area contributed by atoms with Crippen LogP contribution in [0, 0.1) is 0 Å². The summed E-state index contributed by atoms with van der Waals surface area (Å²) in [7, 11) is 0. The van der Waals surface area contributed by atoms with Crippen LogP contribution in [0.2, 0.25) is 0 Å². The van der Waals surface area contributed by atoms with Crippen LogP contribution in [0.1, 0.15) is 20.9 Å². The number of amides is 2. The fourth-order valence-electron chi connectivity index (χ4n) is 3.05. The normalized spacial score (nSPS) is 10.5. The molecule has 0 aliphatic heterocycles. The Bertz CT molecular complexity index is 1150. The largest absolute Gasteiger partial charge is 0.491 e. The first-order valence-electron chi connectivity index (χ1n) is 9.54. The van der Waals surface area contributed by atoms with Crippen molar-refractivity contribution < 1.29 is 18.7 Å². The van der Waals surface area contributed by atoms with Crippen molar-refractivity contribution in [2.75, 3.05) is 18.5 Å². The van der Waals surface area contributed by atoms with Gasteiger partial charge in [-0.15, -0.1) is 0 Å². The van der Waals surface area contributed by atoms with Crippen LogP contribution in [0.5, 0.6) is 5.75 Å². The summed E-state index contributed by atoms with van der Waals surface area (Å²) in [6.45, 7) is 0.732. The summed E-state index contributed by atoms with van der Waals surface area (Å²) in [6, 6.07) is 23.8. The highest BCUT2D eigenvalue weighted by molar-refractivity contribution is 6.02. The van der Waals surface area contributed by atoms with E-state index >= 15 is 0 Å². The molecule has 2 amide bonds. The van der Waals surface area contributed by atoms with Crippen LogP contribution in [0.15, 0.2) is 89.5 Å².